The van der Waals surface area contributed by atoms with Crippen LogP contribution in [-0.2, 0) is 4.79 Å². The van der Waals surface area contributed by atoms with Crippen molar-refractivity contribution >= 4 is 30.7 Å². The molecule has 0 aromatic carbocycles. The van der Waals surface area contributed by atoms with E-state index in [1.807, 2.05) is 0 Å². The van der Waals surface area contributed by atoms with Crippen molar-refractivity contribution in [3.8, 4) is 0 Å². The fraction of sp³-hybridized carbons (Fsp3) is 0.923. The summed E-state index contributed by atoms with van der Waals surface area (Å²) in [5.41, 5.74) is 5.81. The van der Waals surface area contributed by atoms with E-state index in [2.05, 4.69) is 24.1 Å². The minimum atomic E-state index is 0. The first-order chi connectivity index (χ1) is 8.17. The zero-order chi connectivity index (χ0) is 12.7. The molecule has 116 valence electrons. The molecule has 6 heteroatoms. The number of hydrogen-bond donors (Lipinski definition) is 2. The summed E-state index contributed by atoms with van der Waals surface area (Å²) in [6.45, 7) is 8.22. The summed E-state index contributed by atoms with van der Waals surface area (Å²) in [7, 11) is 0. The predicted molar refractivity (Wildman–Crippen MR) is 85.2 cm³/mol. The van der Waals surface area contributed by atoms with Gasteiger partial charge >= 0.3 is 0 Å². The van der Waals surface area contributed by atoms with E-state index in [-0.39, 0.29) is 42.7 Å². The summed E-state index contributed by atoms with van der Waals surface area (Å²) in [6.07, 6.45) is 3.98. The second-order valence-corrected chi connectivity index (χ2v) is 5.00. The van der Waals surface area contributed by atoms with Crippen LogP contribution in [0.15, 0.2) is 0 Å². The molecular formula is C13H29Cl2N3O. The Labute approximate surface area is 129 Å². The van der Waals surface area contributed by atoms with Gasteiger partial charge in [0.2, 0.25) is 5.91 Å². The van der Waals surface area contributed by atoms with Gasteiger partial charge in [-0.15, -0.1) is 24.8 Å². The van der Waals surface area contributed by atoms with Crippen molar-refractivity contribution in [2.24, 2.45) is 11.7 Å². The fourth-order valence-electron chi connectivity index (χ4n) is 2.48. The number of carbonyl (C=O) groups excluding carboxylic acids is 1. The lowest BCUT2D eigenvalue weighted by atomic mass is 10.1. The number of likely N-dealkylation sites (N-methyl/N-ethyl adjacent to an activating group) is 1. The van der Waals surface area contributed by atoms with Gasteiger partial charge < -0.3 is 16.0 Å². The Bertz CT molecular complexity index is 242. The maximum Gasteiger partial charge on any atom is 0.223 e. The van der Waals surface area contributed by atoms with Crippen molar-refractivity contribution in [2.75, 3.05) is 26.2 Å². The van der Waals surface area contributed by atoms with E-state index in [1.54, 1.807) is 0 Å². The first-order valence-corrected chi connectivity index (χ1v) is 6.93. The topological polar surface area (TPSA) is 58.4 Å². The first-order valence-electron chi connectivity index (χ1n) is 6.93. The fourth-order valence-corrected chi connectivity index (χ4v) is 2.48. The largest absolute Gasteiger partial charge is 0.355 e. The number of hydrogen-bond acceptors (Lipinski definition) is 3. The van der Waals surface area contributed by atoms with Crippen LogP contribution < -0.4 is 11.1 Å². The zero-order valence-corrected chi connectivity index (χ0v) is 13.7. The van der Waals surface area contributed by atoms with E-state index in [0.29, 0.717) is 0 Å². The van der Waals surface area contributed by atoms with E-state index in [4.69, 9.17) is 5.73 Å². The minimum Gasteiger partial charge on any atom is -0.355 e. The number of halogens is 2. The van der Waals surface area contributed by atoms with E-state index in [9.17, 15) is 4.79 Å². The van der Waals surface area contributed by atoms with Crippen molar-refractivity contribution in [3.05, 3.63) is 0 Å². The lowest BCUT2D eigenvalue weighted by molar-refractivity contribution is -0.124. The van der Waals surface area contributed by atoms with Crippen molar-refractivity contribution in [1.29, 1.82) is 0 Å². The van der Waals surface area contributed by atoms with E-state index in [0.717, 1.165) is 45.4 Å². The van der Waals surface area contributed by atoms with Crippen LogP contribution in [0.3, 0.4) is 0 Å². The number of nitrogens with one attached hydrogen (secondary N) is 1. The zero-order valence-electron chi connectivity index (χ0n) is 12.1. The van der Waals surface area contributed by atoms with Crippen LogP contribution in [-0.4, -0.2) is 43.0 Å². The molecule has 19 heavy (non-hydrogen) atoms. The van der Waals surface area contributed by atoms with E-state index in [1.165, 1.54) is 6.42 Å². The number of nitrogens with two attached hydrogens (primary N) is 1. The van der Waals surface area contributed by atoms with Crippen LogP contribution in [0.1, 0.15) is 39.5 Å². The molecule has 0 aromatic heterocycles. The second kappa shape index (κ2) is 11.8. The molecule has 0 aromatic rings. The highest BCUT2D eigenvalue weighted by Gasteiger charge is 2.27. The summed E-state index contributed by atoms with van der Waals surface area (Å²) >= 11 is 0. The van der Waals surface area contributed by atoms with E-state index < -0.39 is 0 Å². The predicted octanol–water partition coefficient (Wildman–Crippen LogP) is 1.81. The van der Waals surface area contributed by atoms with Gasteiger partial charge in [-0.3, -0.25) is 4.79 Å². The molecule has 0 spiro atoms. The Morgan fingerprint density at radius 2 is 1.95 bits per heavy atom. The Morgan fingerprint density at radius 1 is 1.26 bits per heavy atom. The van der Waals surface area contributed by atoms with Gasteiger partial charge in [0.25, 0.3) is 0 Å². The van der Waals surface area contributed by atoms with Gasteiger partial charge in [0, 0.05) is 25.0 Å². The van der Waals surface area contributed by atoms with Gasteiger partial charge in [-0.25, -0.2) is 0 Å². The number of amides is 1. The third-order valence-corrected chi connectivity index (χ3v) is 3.56. The second-order valence-electron chi connectivity index (χ2n) is 5.00. The Kier molecular flexibility index (Phi) is 13.2. The van der Waals surface area contributed by atoms with Crippen LogP contribution in [0.4, 0.5) is 0 Å². The lowest BCUT2D eigenvalue weighted by Gasteiger charge is -2.20. The van der Waals surface area contributed by atoms with Crippen LogP contribution >= 0.6 is 24.8 Å². The smallest absolute Gasteiger partial charge is 0.223 e. The van der Waals surface area contributed by atoms with Crippen LogP contribution in [0.5, 0.6) is 0 Å². The Balaban J connectivity index is 0. The molecular weight excluding hydrogens is 285 g/mol. The van der Waals surface area contributed by atoms with Gasteiger partial charge in [-0.2, -0.15) is 0 Å². The highest BCUT2D eigenvalue weighted by Crippen LogP contribution is 2.23. The molecule has 1 saturated carbocycles. The van der Waals surface area contributed by atoms with Crippen molar-refractivity contribution in [3.63, 3.8) is 0 Å². The van der Waals surface area contributed by atoms with Crippen LogP contribution in [0, 0.1) is 5.92 Å². The molecule has 0 bridgehead atoms. The molecule has 2 atom stereocenters. The minimum absolute atomic E-state index is 0. The molecule has 1 aliphatic carbocycles. The van der Waals surface area contributed by atoms with Gasteiger partial charge in [0.15, 0.2) is 0 Å². The Morgan fingerprint density at radius 3 is 2.42 bits per heavy atom. The van der Waals surface area contributed by atoms with Crippen molar-refractivity contribution in [1.82, 2.24) is 10.2 Å². The monoisotopic (exact) mass is 313 g/mol. The van der Waals surface area contributed by atoms with E-state index >= 15 is 0 Å². The van der Waals surface area contributed by atoms with Gasteiger partial charge in [0.05, 0.1) is 0 Å². The SMILES string of the molecule is CCCN(CC)CCNC(=O)C1CCC(N)C1.Cl.Cl. The third-order valence-electron chi connectivity index (χ3n) is 3.56. The number of carbonyl (C=O) groups is 1. The van der Waals surface area contributed by atoms with Crippen LogP contribution in [0.2, 0.25) is 0 Å². The Hall–Kier alpha value is -0.0300. The average Bonchev–Trinajstić information content (AvgIpc) is 2.74. The van der Waals surface area contributed by atoms with Crippen LogP contribution in [0.25, 0.3) is 0 Å². The van der Waals surface area contributed by atoms with Gasteiger partial charge in [-0.05, 0) is 38.8 Å². The first kappa shape index (κ1) is 21.3. The molecule has 1 fully saturated rings. The molecule has 0 saturated heterocycles. The highest BCUT2D eigenvalue weighted by atomic mass is 35.5. The summed E-state index contributed by atoms with van der Waals surface area (Å²) in [5.74, 6) is 0.358. The highest BCUT2D eigenvalue weighted by molar-refractivity contribution is 5.85. The van der Waals surface area contributed by atoms with Gasteiger partial charge in [0.1, 0.15) is 0 Å². The van der Waals surface area contributed by atoms with Crippen molar-refractivity contribution in [2.45, 2.75) is 45.6 Å². The third kappa shape index (κ3) is 7.98. The maximum absolute atomic E-state index is 11.8. The molecule has 1 aliphatic rings. The normalized spacial score (nSPS) is 21.7. The molecule has 1 amide bonds. The summed E-state index contributed by atoms with van der Waals surface area (Å²) < 4.78 is 0. The van der Waals surface area contributed by atoms with Gasteiger partial charge in [-0.1, -0.05) is 13.8 Å². The summed E-state index contributed by atoms with van der Waals surface area (Å²) in [6, 6.07) is 0.234. The molecule has 0 radical (unpaired) electrons. The molecule has 1 rings (SSSR count). The number of rotatable bonds is 7. The molecule has 0 aliphatic heterocycles. The lowest BCUT2D eigenvalue weighted by Crippen LogP contribution is -2.37. The maximum atomic E-state index is 11.8. The molecule has 4 nitrogen and oxygen atoms in total. The van der Waals surface area contributed by atoms with Crippen molar-refractivity contribution < 1.29 is 4.79 Å². The molecule has 2 unspecified atom stereocenters. The summed E-state index contributed by atoms with van der Waals surface area (Å²) in [5, 5.41) is 3.03. The average molecular weight is 314 g/mol. The molecule has 0 heterocycles. The number of nitrogens with zero attached hydrogens (tertiary/aromatic N) is 1. The quantitative estimate of drug-likeness (QED) is 0.753. The summed E-state index contributed by atoms with van der Waals surface area (Å²) in [4.78, 5) is 14.2. The molecule has 3 N–H and O–H groups in total. The standard InChI is InChI=1S/C13H27N3O.2ClH/c1-3-8-16(4-2)9-7-15-13(17)11-5-6-12(14)10-11;;/h11-12H,3-10,14H2,1-2H3,(H,15,17);2*1H.